The Morgan fingerprint density at radius 2 is 1.69 bits per heavy atom. The number of benzene rings is 2. The number of sulfonamides is 1. The number of aromatic nitrogens is 1. The Bertz CT molecular complexity index is 1330. The number of nitrogens with one attached hydrogen (secondary N) is 2. The number of hydrogen-bond donors (Lipinski definition) is 2. The summed E-state index contributed by atoms with van der Waals surface area (Å²) in [5, 5.41) is 3.00. The first kappa shape index (κ1) is 26.0. The Morgan fingerprint density at radius 1 is 1.00 bits per heavy atom. The molecule has 36 heavy (non-hydrogen) atoms. The Kier molecular flexibility index (Phi) is 7.85. The molecule has 1 aliphatic carbocycles. The number of pyridine rings is 1. The number of halogens is 1. The van der Waals surface area contributed by atoms with E-state index < -0.39 is 10.0 Å². The van der Waals surface area contributed by atoms with Gasteiger partial charge in [0.1, 0.15) is 5.82 Å². The highest BCUT2D eigenvalue weighted by molar-refractivity contribution is 7.89. The summed E-state index contributed by atoms with van der Waals surface area (Å²) in [7, 11) is -3.68. The van der Waals surface area contributed by atoms with Crippen molar-refractivity contribution < 1.29 is 17.6 Å². The molecule has 2 aromatic carbocycles. The molecule has 1 heterocycles. The summed E-state index contributed by atoms with van der Waals surface area (Å²) in [6.45, 7) is 5.70. The summed E-state index contributed by atoms with van der Waals surface area (Å²) >= 11 is 0. The molecule has 0 spiro atoms. The highest BCUT2D eigenvalue weighted by Gasteiger charge is 2.30. The van der Waals surface area contributed by atoms with Gasteiger partial charge in [-0.3, -0.25) is 9.78 Å². The molecule has 1 fully saturated rings. The Hall–Kier alpha value is -3.10. The molecule has 8 heteroatoms. The smallest absolute Gasteiger partial charge is 0.240 e. The number of amides is 1. The van der Waals surface area contributed by atoms with Crippen molar-refractivity contribution in [1.29, 1.82) is 0 Å². The standard InChI is InChI=1S/C28H32FN3O3S/c1-18-16-26(12-13-27(18)23-14-15-30-19(2)17-23)36(34,35)32-25-10-6-22(7-11-25)28(33)31-20(3)21-4-8-24(29)9-5-21/h4-5,8-9,12-17,20,22,25,32H,6-7,10-11H2,1-3H3,(H,31,33)/t20-,22?,25?/m1/s1. The number of hydrogen-bond acceptors (Lipinski definition) is 4. The van der Waals surface area contributed by atoms with Crippen molar-refractivity contribution in [2.75, 3.05) is 0 Å². The van der Waals surface area contributed by atoms with Crippen molar-refractivity contribution in [3.8, 4) is 11.1 Å². The highest BCUT2D eigenvalue weighted by Crippen LogP contribution is 2.29. The van der Waals surface area contributed by atoms with Gasteiger partial charge in [-0.05, 0) is 105 Å². The van der Waals surface area contributed by atoms with Crippen LogP contribution in [0.4, 0.5) is 4.39 Å². The molecule has 0 radical (unpaired) electrons. The average molecular weight is 510 g/mol. The van der Waals surface area contributed by atoms with Crippen LogP contribution in [0, 0.1) is 25.6 Å². The average Bonchev–Trinajstić information content (AvgIpc) is 2.84. The Morgan fingerprint density at radius 3 is 2.33 bits per heavy atom. The van der Waals surface area contributed by atoms with E-state index in [0.717, 1.165) is 27.9 Å². The molecular weight excluding hydrogens is 477 g/mol. The van der Waals surface area contributed by atoms with Crippen molar-refractivity contribution in [3.63, 3.8) is 0 Å². The molecular formula is C28H32FN3O3S. The zero-order valence-electron chi connectivity index (χ0n) is 20.8. The molecule has 0 aliphatic heterocycles. The van der Waals surface area contributed by atoms with Gasteiger partial charge in [-0.25, -0.2) is 17.5 Å². The fraction of sp³-hybridized carbons (Fsp3) is 0.357. The van der Waals surface area contributed by atoms with Crippen molar-refractivity contribution in [2.24, 2.45) is 5.92 Å². The van der Waals surface area contributed by atoms with Crippen LogP contribution >= 0.6 is 0 Å². The van der Waals surface area contributed by atoms with Gasteiger partial charge in [-0.1, -0.05) is 18.2 Å². The lowest BCUT2D eigenvalue weighted by Crippen LogP contribution is -2.41. The van der Waals surface area contributed by atoms with Crippen LogP contribution in [0.1, 0.15) is 55.5 Å². The number of carbonyl (C=O) groups excluding carboxylic acids is 1. The van der Waals surface area contributed by atoms with E-state index in [-0.39, 0.29) is 34.6 Å². The molecule has 0 unspecified atom stereocenters. The minimum Gasteiger partial charge on any atom is -0.349 e. The lowest BCUT2D eigenvalue weighted by atomic mass is 9.85. The summed E-state index contributed by atoms with van der Waals surface area (Å²) in [4.78, 5) is 17.2. The van der Waals surface area contributed by atoms with Crippen LogP contribution in [0.15, 0.2) is 65.7 Å². The van der Waals surface area contributed by atoms with Crippen LogP contribution < -0.4 is 10.0 Å². The second-order valence-electron chi connectivity index (χ2n) is 9.61. The van der Waals surface area contributed by atoms with E-state index in [1.807, 2.05) is 39.0 Å². The summed E-state index contributed by atoms with van der Waals surface area (Å²) in [6.07, 6.45) is 4.14. The van der Waals surface area contributed by atoms with Crippen molar-refractivity contribution >= 4 is 15.9 Å². The van der Waals surface area contributed by atoms with E-state index in [2.05, 4.69) is 15.0 Å². The predicted octanol–water partition coefficient (Wildman–Crippen LogP) is 5.22. The third-order valence-corrected chi connectivity index (χ3v) is 8.38. The molecule has 0 bridgehead atoms. The number of rotatable bonds is 7. The fourth-order valence-corrected chi connectivity index (χ4v) is 6.16. The van der Waals surface area contributed by atoms with Gasteiger partial charge >= 0.3 is 0 Å². The summed E-state index contributed by atoms with van der Waals surface area (Å²) in [6, 6.07) is 14.7. The monoisotopic (exact) mass is 509 g/mol. The SMILES string of the molecule is Cc1cc(-c2ccc(S(=O)(=O)NC3CCC(C(=O)N[C@H](C)c4ccc(F)cc4)CC3)cc2C)ccn1. The minimum atomic E-state index is -3.68. The molecule has 1 amide bonds. The maximum absolute atomic E-state index is 13.1. The van der Waals surface area contributed by atoms with Gasteiger partial charge < -0.3 is 5.32 Å². The van der Waals surface area contributed by atoms with Crippen LogP contribution in [0.3, 0.4) is 0 Å². The van der Waals surface area contributed by atoms with Gasteiger partial charge in [0, 0.05) is 23.9 Å². The van der Waals surface area contributed by atoms with Gasteiger partial charge in [-0.2, -0.15) is 0 Å². The molecule has 2 N–H and O–H groups in total. The molecule has 1 atom stereocenters. The first-order chi connectivity index (χ1) is 17.1. The van der Waals surface area contributed by atoms with Crippen molar-refractivity contribution in [2.45, 2.75) is 63.4 Å². The van der Waals surface area contributed by atoms with Crippen LogP contribution in [-0.2, 0) is 14.8 Å². The summed E-state index contributed by atoms with van der Waals surface area (Å²) in [5.74, 6) is -0.530. The molecule has 1 saturated carbocycles. The van der Waals surface area contributed by atoms with Crippen LogP contribution in [-0.4, -0.2) is 25.4 Å². The molecule has 6 nitrogen and oxygen atoms in total. The Labute approximate surface area is 212 Å². The minimum absolute atomic E-state index is 0.0503. The second kappa shape index (κ2) is 10.9. The highest BCUT2D eigenvalue weighted by atomic mass is 32.2. The summed E-state index contributed by atoms with van der Waals surface area (Å²) < 4.78 is 42.1. The zero-order chi connectivity index (χ0) is 25.9. The molecule has 1 aromatic heterocycles. The molecule has 0 saturated heterocycles. The third-order valence-electron chi connectivity index (χ3n) is 6.86. The van der Waals surface area contributed by atoms with Crippen molar-refractivity contribution in [3.05, 3.63) is 83.4 Å². The predicted molar refractivity (Wildman–Crippen MR) is 138 cm³/mol. The third kappa shape index (κ3) is 6.17. The Balaban J connectivity index is 1.34. The number of nitrogens with zero attached hydrogens (tertiary/aromatic N) is 1. The van der Waals surface area contributed by atoms with E-state index in [1.54, 1.807) is 30.5 Å². The van der Waals surface area contributed by atoms with E-state index in [1.165, 1.54) is 12.1 Å². The summed E-state index contributed by atoms with van der Waals surface area (Å²) in [5.41, 5.74) is 4.59. The van der Waals surface area contributed by atoms with Gasteiger partial charge in [0.15, 0.2) is 0 Å². The normalized spacial score (nSPS) is 19.0. The molecule has 1 aliphatic rings. The van der Waals surface area contributed by atoms with E-state index in [4.69, 9.17) is 0 Å². The largest absolute Gasteiger partial charge is 0.349 e. The number of aryl methyl sites for hydroxylation is 2. The van der Waals surface area contributed by atoms with E-state index in [9.17, 15) is 17.6 Å². The number of carbonyl (C=O) groups is 1. The van der Waals surface area contributed by atoms with E-state index >= 15 is 0 Å². The van der Waals surface area contributed by atoms with Gasteiger partial charge in [-0.15, -0.1) is 0 Å². The maximum atomic E-state index is 13.1. The fourth-order valence-electron chi connectivity index (χ4n) is 4.77. The van der Waals surface area contributed by atoms with Gasteiger partial charge in [0.2, 0.25) is 15.9 Å². The molecule has 190 valence electrons. The zero-order valence-corrected chi connectivity index (χ0v) is 21.6. The van der Waals surface area contributed by atoms with Gasteiger partial charge in [0.05, 0.1) is 10.9 Å². The quantitative estimate of drug-likeness (QED) is 0.457. The maximum Gasteiger partial charge on any atom is 0.240 e. The topological polar surface area (TPSA) is 88.2 Å². The van der Waals surface area contributed by atoms with E-state index in [0.29, 0.717) is 25.7 Å². The first-order valence-electron chi connectivity index (χ1n) is 12.2. The van der Waals surface area contributed by atoms with Crippen LogP contribution in [0.2, 0.25) is 0 Å². The lowest BCUT2D eigenvalue weighted by Gasteiger charge is -2.29. The van der Waals surface area contributed by atoms with Crippen molar-refractivity contribution in [1.82, 2.24) is 15.0 Å². The lowest BCUT2D eigenvalue weighted by molar-refractivity contribution is -0.126. The van der Waals surface area contributed by atoms with Crippen LogP contribution in [0.5, 0.6) is 0 Å². The molecule has 4 rings (SSSR count). The molecule has 3 aromatic rings. The second-order valence-corrected chi connectivity index (χ2v) is 11.3. The van der Waals surface area contributed by atoms with Crippen LogP contribution in [0.25, 0.3) is 11.1 Å². The van der Waals surface area contributed by atoms with Gasteiger partial charge in [0.25, 0.3) is 0 Å². The first-order valence-corrected chi connectivity index (χ1v) is 13.7.